The molecule has 160 valence electrons. The number of amides is 2. The van der Waals surface area contributed by atoms with Gasteiger partial charge in [0.2, 0.25) is 0 Å². The lowest BCUT2D eigenvalue weighted by atomic mass is 10.0. The van der Waals surface area contributed by atoms with Crippen molar-refractivity contribution in [2.24, 2.45) is 0 Å². The second-order valence-corrected chi connectivity index (χ2v) is 7.29. The monoisotopic (exact) mass is 427 g/mol. The first kappa shape index (κ1) is 20.9. The number of aromatic nitrogens is 1. The van der Waals surface area contributed by atoms with Crippen LogP contribution in [0.5, 0.6) is 0 Å². The van der Waals surface area contributed by atoms with Crippen molar-refractivity contribution in [1.82, 2.24) is 10.3 Å². The first-order valence-corrected chi connectivity index (χ1v) is 10.1. The van der Waals surface area contributed by atoms with Crippen molar-refractivity contribution in [3.63, 3.8) is 0 Å². The van der Waals surface area contributed by atoms with E-state index in [1.54, 1.807) is 60.8 Å². The van der Waals surface area contributed by atoms with Crippen LogP contribution in [0.2, 0.25) is 0 Å². The molecule has 0 radical (unpaired) electrons. The first-order chi connectivity index (χ1) is 15.5. The van der Waals surface area contributed by atoms with Crippen LogP contribution >= 0.6 is 0 Å². The standard InChI is InChI=1S/C25H21N3O4/c29-23(16-8-2-1-3-9-16)27-21-13-7-5-11-19(21)24(30)28-22(25(31)32)14-17-15-26-20-12-6-4-10-18(17)20/h1-13,15,22,26H,14H2,(H,27,29)(H,28,30)(H,31,32)/t22-/m0/s1. The zero-order chi connectivity index (χ0) is 22.5. The molecule has 1 heterocycles. The summed E-state index contributed by atoms with van der Waals surface area (Å²) in [6, 6.07) is 21.5. The number of nitrogens with one attached hydrogen (secondary N) is 3. The Morgan fingerprint density at radius 3 is 2.31 bits per heavy atom. The molecule has 0 fully saturated rings. The number of H-pyrrole nitrogens is 1. The molecule has 32 heavy (non-hydrogen) atoms. The van der Waals surface area contributed by atoms with Crippen LogP contribution < -0.4 is 10.6 Å². The Kier molecular flexibility index (Phi) is 5.98. The SMILES string of the molecule is O=C(Nc1ccccc1C(=O)N[C@@H](Cc1c[nH]c2ccccc12)C(=O)O)c1ccccc1. The van der Waals surface area contributed by atoms with Gasteiger partial charge < -0.3 is 20.7 Å². The summed E-state index contributed by atoms with van der Waals surface area (Å²) in [6.07, 6.45) is 1.87. The topological polar surface area (TPSA) is 111 Å². The summed E-state index contributed by atoms with van der Waals surface area (Å²) < 4.78 is 0. The summed E-state index contributed by atoms with van der Waals surface area (Å²) in [5.41, 5.74) is 2.62. The van der Waals surface area contributed by atoms with Gasteiger partial charge in [-0.3, -0.25) is 9.59 Å². The van der Waals surface area contributed by atoms with Crippen LogP contribution in [-0.2, 0) is 11.2 Å². The van der Waals surface area contributed by atoms with Crippen LogP contribution in [0.4, 0.5) is 5.69 Å². The minimum absolute atomic E-state index is 0.115. The molecular formula is C25H21N3O4. The van der Waals surface area contributed by atoms with E-state index in [2.05, 4.69) is 15.6 Å². The minimum atomic E-state index is -1.14. The fourth-order valence-corrected chi connectivity index (χ4v) is 3.53. The van der Waals surface area contributed by atoms with E-state index in [-0.39, 0.29) is 17.9 Å². The molecule has 4 N–H and O–H groups in total. The quantitative estimate of drug-likeness (QED) is 0.359. The normalized spacial score (nSPS) is 11.6. The van der Waals surface area contributed by atoms with Crippen LogP contribution in [0.3, 0.4) is 0 Å². The van der Waals surface area contributed by atoms with Crippen LogP contribution in [0.15, 0.2) is 85.1 Å². The average Bonchev–Trinajstić information content (AvgIpc) is 3.22. The van der Waals surface area contributed by atoms with Gasteiger partial charge in [0.05, 0.1) is 11.3 Å². The van der Waals surface area contributed by atoms with Crippen molar-refractivity contribution in [3.05, 3.63) is 102 Å². The smallest absolute Gasteiger partial charge is 0.326 e. The summed E-state index contributed by atoms with van der Waals surface area (Å²) in [5, 5.41) is 15.9. The van der Waals surface area contributed by atoms with Crippen molar-refractivity contribution >= 4 is 34.4 Å². The summed E-state index contributed by atoms with van der Waals surface area (Å²) in [5.74, 6) is -2.09. The van der Waals surface area contributed by atoms with Crippen LogP contribution in [-0.4, -0.2) is 33.9 Å². The number of benzene rings is 3. The first-order valence-electron chi connectivity index (χ1n) is 10.1. The third-order valence-corrected chi connectivity index (χ3v) is 5.16. The lowest BCUT2D eigenvalue weighted by Gasteiger charge is -2.16. The molecule has 0 unspecified atom stereocenters. The second-order valence-electron chi connectivity index (χ2n) is 7.29. The van der Waals surface area contributed by atoms with Crippen molar-refractivity contribution in [2.75, 3.05) is 5.32 Å². The summed E-state index contributed by atoms with van der Waals surface area (Å²) in [7, 11) is 0. The van der Waals surface area contributed by atoms with Gasteiger partial charge in [-0.1, -0.05) is 48.5 Å². The highest BCUT2D eigenvalue weighted by Crippen LogP contribution is 2.20. The van der Waals surface area contributed by atoms with Gasteiger partial charge in [-0.25, -0.2) is 4.79 Å². The summed E-state index contributed by atoms with van der Waals surface area (Å²) >= 11 is 0. The van der Waals surface area contributed by atoms with E-state index in [0.29, 0.717) is 11.3 Å². The number of hydrogen-bond donors (Lipinski definition) is 4. The Hall–Kier alpha value is -4.39. The van der Waals surface area contributed by atoms with Crippen LogP contribution in [0, 0.1) is 0 Å². The molecule has 7 heteroatoms. The van der Waals surface area contributed by atoms with Gasteiger partial charge in [0.25, 0.3) is 11.8 Å². The third kappa shape index (κ3) is 4.52. The maximum absolute atomic E-state index is 13.0. The molecule has 4 aromatic rings. The van der Waals surface area contributed by atoms with E-state index in [1.165, 1.54) is 0 Å². The van der Waals surface area contributed by atoms with E-state index in [9.17, 15) is 19.5 Å². The molecule has 1 aromatic heterocycles. The molecule has 1 atom stereocenters. The Bertz CT molecular complexity index is 1280. The maximum Gasteiger partial charge on any atom is 0.326 e. The Morgan fingerprint density at radius 1 is 0.844 bits per heavy atom. The van der Waals surface area contributed by atoms with Gasteiger partial charge in [-0.05, 0) is 35.9 Å². The number of aromatic amines is 1. The Labute approximate surface area is 184 Å². The highest BCUT2D eigenvalue weighted by Gasteiger charge is 2.24. The van der Waals surface area contributed by atoms with E-state index >= 15 is 0 Å². The number of rotatable bonds is 7. The van der Waals surface area contributed by atoms with Gasteiger partial charge in [-0.15, -0.1) is 0 Å². The molecule has 4 rings (SSSR count). The highest BCUT2D eigenvalue weighted by atomic mass is 16.4. The van der Waals surface area contributed by atoms with Gasteiger partial charge in [-0.2, -0.15) is 0 Å². The molecule has 0 saturated carbocycles. The number of aliphatic carboxylic acids is 1. The zero-order valence-corrected chi connectivity index (χ0v) is 17.0. The van der Waals surface area contributed by atoms with E-state index in [4.69, 9.17) is 0 Å². The van der Waals surface area contributed by atoms with Crippen LogP contribution in [0.1, 0.15) is 26.3 Å². The molecule has 0 aliphatic carbocycles. The lowest BCUT2D eigenvalue weighted by molar-refractivity contribution is -0.139. The predicted octanol–water partition coefficient (Wildman–Crippen LogP) is 3.85. The highest BCUT2D eigenvalue weighted by molar-refractivity contribution is 6.09. The molecule has 0 aliphatic heterocycles. The third-order valence-electron chi connectivity index (χ3n) is 5.16. The molecule has 7 nitrogen and oxygen atoms in total. The zero-order valence-electron chi connectivity index (χ0n) is 17.0. The number of carboxylic acids is 1. The van der Waals surface area contributed by atoms with Gasteiger partial charge >= 0.3 is 5.97 Å². The van der Waals surface area contributed by atoms with Crippen LogP contribution in [0.25, 0.3) is 10.9 Å². The number of carbonyl (C=O) groups is 3. The Morgan fingerprint density at radius 2 is 1.53 bits per heavy atom. The van der Waals surface area contributed by atoms with E-state index in [1.807, 2.05) is 24.3 Å². The molecule has 0 aliphatic rings. The molecule has 0 saturated heterocycles. The van der Waals surface area contributed by atoms with E-state index in [0.717, 1.165) is 16.5 Å². The number of carboxylic acid groups (broad SMARTS) is 1. The second kappa shape index (κ2) is 9.18. The van der Waals surface area contributed by atoms with Crippen molar-refractivity contribution < 1.29 is 19.5 Å². The van der Waals surface area contributed by atoms with Gasteiger partial charge in [0.15, 0.2) is 0 Å². The molecule has 2 amide bonds. The van der Waals surface area contributed by atoms with Crippen molar-refractivity contribution in [1.29, 1.82) is 0 Å². The Balaban J connectivity index is 1.53. The average molecular weight is 427 g/mol. The molecular weight excluding hydrogens is 406 g/mol. The number of carbonyl (C=O) groups excluding carboxylic acids is 2. The predicted molar refractivity (Wildman–Crippen MR) is 122 cm³/mol. The lowest BCUT2D eigenvalue weighted by Crippen LogP contribution is -2.42. The minimum Gasteiger partial charge on any atom is -0.480 e. The van der Waals surface area contributed by atoms with Gasteiger partial charge in [0.1, 0.15) is 6.04 Å². The number of fused-ring (bicyclic) bond motifs is 1. The molecule has 0 spiro atoms. The summed E-state index contributed by atoms with van der Waals surface area (Å²) in [6.45, 7) is 0. The molecule has 3 aromatic carbocycles. The largest absolute Gasteiger partial charge is 0.480 e. The van der Waals surface area contributed by atoms with Crippen molar-refractivity contribution in [2.45, 2.75) is 12.5 Å². The number of hydrogen-bond acceptors (Lipinski definition) is 3. The van der Waals surface area contributed by atoms with Crippen molar-refractivity contribution in [3.8, 4) is 0 Å². The maximum atomic E-state index is 13.0. The summed E-state index contributed by atoms with van der Waals surface area (Å²) in [4.78, 5) is 40.5. The fourth-order valence-electron chi connectivity index (χ4n) is 3.53. The van der Waals surface area contributed by atoms with Gasteiger partial charge in [0, 0.05) is 29.1 Å². The molecule has 0 bridgehead atoms. The number of para-hydroxylation sites is 2. The number of anilines is 1. The fraction of sp³-hybridized carbons (Fsp3) is 0.0800. The van der Waals surface area contributed by atoms with E-state index < -0.39 is 17.9 Å².